The second kappa shape index (κ2) is 20.7. The van der Waals surface area contributed by atoms with E-state index in [0.717, 1.165) is 30.4 Å². The van der Waals surface area contributed by atoms with Crippen molar-refractivity contribution in [3.63, 3.8) is 0 Å². The van der Waals surface area contributed by atoms with E-state index < -0.39 is 84.6 Å². The number of carbonyl (C=O) groups excluding carboxylic acids is 2. The number of thiol groups is 1. The fourth-order valence-electron chi connectivity index (χ4n) is 11.2. The monoisotopic (exact) mass is 921 g/mol. The molecule has 0 aromatic heterocycles. The van der Waals surface area contributed by atoms with E-state index in [1.54, 1.807) is 12.0 Å². The number of fused-ring (bicyclic) bond motifs is 2. The van der Waals surface area contributed by atoms with Crippen molar-refractivity contribution in [3.05, 3.63) is 36.5 Å². The molecule has 18 atom stereocenters. The second-order valence-electron chi connectivity index (χ2n) is 20.9. The summed E-state index contributed by atoms with van der Waals surface area (Å²) in [5.74, 6) is -0.166. The van der Waals surface area contributed by atoms with Crippen LogP contribution in [0.15, 0.2) is 36.5 Å². The van der Waals surface area contributed by atoms with Crippen molar-refractivity contribution in [2.75, 3.05) is 13.7 Å². The average molecular weight is 922 g/mol. The normalized spacial score (nSPS) is 44.2. The van der Waals surface area contributed by atoms with Gasteiger partial charge in [0.25, 0.3) is 0 Å². The molecule has 15 nitrogen and oxygen atoms in total. The number of Topliss-reactive ketones (excluding diaryl/α,β-unsaturated/α-hetero) is 1. The van der Waals surface area contributed by atoms with Crippen LogP contribution in [0, 0.1) is 11.8 Å². The summed E-state index contributed by atoms with van der Waals surface area (Å²) in [5.41, 5.74) is 0.441. The third-order valence-electron chi connectivity index (χ3n) is 14.5. The molecular weight excluding hydrogens is 847 g/mol. The van der Waals surface area contributed by atoms with Crippen LogP contribution in [0.2, 0.25) is 0 Å². The number of aliphatic hydroxyl groups excluding tert-OH is 3. The number of methoxy groups -OCH3 is 1. The Morgan fingerprint density at radius 3 is 2.28 bits per heavy atom. The highest BCUT2D eigenvalue weighted by atomic mass is 32.1. The molecule has 362 valence electrons. The third kappa shape index (κ3) is 11.7. The quantitative estimate of drug-likeness (QED) is 0.153. The number of rotatable bonds is 4. The van der Waals surface area contributed by atoms with Gasteiger partial charge in [-0.3, -0.25) is 9.69 Å². The topological polar surface area (TPSA) is 181 Å². The Bertz CT molecular complexity index is 1690. The molecule has 8 bridgehead atoms. The number of ether oxygens (including phenoxy) is 8. The number of aliphatic hydroxyl groups is 3. The van der Waals surface area contributed by atoms with Crippen molar-refractivity contribution >= 4 is 24.8 Å². The molecule has 0 aromatic rings. The first-order valence-corrected chi connectivity index (χ1v) is 24.0. The number of carbonyl (C=O) groups is 2. The minimum atomic E-state index is -1.31. The van der Waals surface area contributed by atoms with Gasteiger partial charge in [-0.15, -0.1) is 0 Å². The molecule has 2 unspecified atom stereocenters. The summed E-state index contributed by atoms with van der Waals surface area (Å²) in [5, 5.41) is 33.4. The van der Waals surface area contributed by atoms with E-state index in [0.29, 0.717) is 51.5 Å². The predicted molar refractivity (Wildman–Crippen MR) is 238 cm³/mol. The van der Waals surface area contributed by atoms with Gasteiger partial charge in [-0.05, 0) is 116 Å². The standard InChI is InChI=1S/C48H75NO14S/c1-25-18-31-13-16-36-26(2)19-30(56-36)12-10-28(50)11-15-35(52)43-41(53)45(63-64)44-37(60-43)17-14-32(58-44)20-29(51)21-34-39(23-38(57-31)27(25)3)59-40(42(34)55-9)22-33-24-49(48(7,8)61-33)46(54)62-47(4,5)6/h11,15,25,28,30-45,50,52-53,64H,2-3,10,12-14,16-24H2,1,4-9H3/b15-11+/t25-,28?,30+,31+,32-,33+,34+,35+,36+,37?,38-,39+,40-,41-,42-,43+,44+,45-/m1/s1. The molecule has 9 heterocycles. The van der Waals surface area contributed by atoms with Crippen LogP contribution in [0.25, 0.3) is 0 Å². The molecule has 9 aliphatic rings. The van der Waals surface area contributed by atoms with Crippen LogP contribution in [-0.2, 0) is 46.9 Å². The van der Waals surface area contributed by atoms with Crippen molar-refractivity contribution in [3.8, 4) is 0 Å². The number of ketones is 1. The number of hydrogen-bond donors (Lipinski definition) is 4. The van der Waals surface area contributed by atoms with E-state index in [9.17, 15) is 24.9 Å². The first-order valence-electron chi connectivity index (χ1n) is 23.6. The first kappa shape index (κ1) is 50.0. The van der Waals surface area contributed by atoms with Gasteiger partial charge in [0, 0.05) is 38.7 Å². The van der Waals surface area contributed by atoms with Crippen LogP contribution in [0.1, 0.15) is 119 Å². The summed E-state index contributed by atoms with van der Waals surface area (Å²) in [7, 11) is 1.65. The van der Waals surface area contributed by atoms with Gasteiger partial charge in [0.2, 0.25) is 0 Å². The summed E-state index contributed by atoms with van der Waals surface area (Å²) in [4.78, 5) is 29.2. The molecular formula is C48H75NO14S. The Hall–Kier alpha value is -1.93. The zero-order valence-corrected chi connectivity index (χ0v) is 39.8. The molecule has 16 heteroatoms. The molecule has 0 aliphatic carbocycles. The molecule has 0 spiro atoms. The third-order valence-corrected chi connectivity index (χ3v) is 14.8. The number of amides is 1. The highest BCUT2D eigenvalue weighted by molar-refractivity contribution is 7.75. The molecule has 6 fully saturated rings. The van der Waals surface area contributed by atoms with Crippen LogP contribution in [0.3, 0.4) is 0 Å². The zero-order valence-electron chi connectivity index (χ0n) is 38.9. The molecule has 3 N–H and O–H groups in total. The fraction of sp³-hybridized carbons (Fsp3) is 0.833. The SMILES string of the molecule is C=C1C[C@@H]2CCC(O)/C=C/[C@H](O)[C@@H]3OC4CC[C@H](CC(=O)C[C@@H]5[C@@H](OC)[C@@H](C[C@H]6CN(C(=O)OC(C)(C)C)C(C)(C)O6)O[C@H]5C[C@H]5O[C@@H](CC[C@@H]1O2)C[C@@H](C)C5=C)O[C@@H]4[C@H](OS)[C@@H]3O. The lowest BCUT2D eigenvalue weighted by Crippen LogP contribution is -2.63. The van der Waals surface area contributed by atoms with Crippen molar-refractivity contribution in [2.45, 2.75) is 228 Å². The second-order valence-corrected chi connectivity index (χ2v) is 21.1. The van der Waals surface area contributed by atoms with Gasteiger partial charge >= 0.3 is 6.09 Å². The predicted octanol–water partition coefficient (Wildman–Crippen LogP) is 5.71. The van der Waals surface area contributed by atoms with Gasteiger partial charge in [0.05, 0.1) is 73.7 Å². The van der Waals surface area contributed by atoms with Gasteiger partial charge in [-0.1, -0.05) is 32.2 Å². The van der Waals surface area contributed by atoms with Crippen molar-refractivity contribution in [1.82, 2.24) is 4.90 Å². The largest absolute Gasteiger partial charge is 0.444 e. The van der Waals surface area contributed by atoms with Crippen LogP contribution in [-0.4, -0.2) is 155 Å². The minimum absolute atomic E-state index is 0.0251. The lowest BCUT2D eigenvalue weighted by molar-refractivity contribution is -0.266. The molecule has 0 saturated carbocycles. The van der Waals surface area contributed by atoms with E-state index in [1.807, 2.05) is 34.6 Å². The van der Waals surface area contributed by atoms with E-state index in [4.69, 9.17) is 42.1 Å². The summed E-state index contributed by atoms with van der Waals surface area (Å²) < 4.78 is 56.9. The Kier molecular flexibility index (Phi) is 16.2. The highest BCUT2D eigenvalue weighted by Gasteiger charge is 2.53. The van der Waals surface area contributed by atoms with Gasteiger partial charge in [-0.2, -0.15) is 0 Å². The summed E-state index contributed by atoms with van der Waals surface area (Å²) in [6, 6.07) is 0. The zero-order chi connectivity index (χ0) is 46.2. The van der Waals surface area contributed by atoms with Crippen LogP contribution < -0.4 is 0 Å². The van der Waals surface area contributed by atoms with Gasteiger partial charge in [-0.25, -0.2) is 4.79 Å². The van der Waals surface area contributed by atoms with Crippen LogP contribution in [0.5, 0.6) is 0 Å². The van der Waals surface area contributed by atoms with Gasteiger partial charge in [0.15, 0.2) is 0 Å². The van der Waals surface area contributed by atoms with E-state index >= 15 is 0 Å². The lowest BCUT2D eigenvalue weighted by Gasteiger charge is -2.48. The van der Waals surface area contributed by atoms with E-state index in [2.05, 4.69) is 33.0 Å². The molecule has 9 rings (SSSR count). The maximum Gasteiger partial charge on any atom is 0.412 e. The summed E-state index contributed by atoms with van der Waals surface area (Å²) in [6.07, 6.45) is -0.644. The molecule has 1 amide bonds. The van der Waals surface area contributed by atoms with E-state index in [-0.39, 0.29) is 61.0 Å². The summed E-state index contributed by atoms with van der Waals surface area (Å²) >= 11 is 4.09. The first-order chi connectivity index (χ1) is 30.2. The number of nitrogens with zero attached hydrogens (tertiary/aromatic N) is 1. The number of hydrogen-bond acceptors (Lipinski definition) is 15. The minimum Gasteiger partial charge on any atom is -0.444 e. The molecule has 9 aliphatic heterocycles. The van der Waals surface area contributed by atoms with Crippen molar-refractivity contribution in [1.29, 1.82) is 0 Å². The van der Waals surface area contributed by atoms with Crippen LogP contribution >= 0.6 is 12.9 Å². The molecule has 6 saturated heterocycles. The molecule has 0 radical (unpaired) electrons. The summed E-state index contributed by atoms with van der Waals surface area (Å²) in [6.45, 7) is 20.5. The smallest absolute Gasteiger partial charge is 0.412 e. The van der Waals surface area contributed by atoms with Crippen molar-refractivity contribution < 1.29 is 67.0 Å². The molecule has 64 heavy (non-hydrogen) atoms. The maximum atomic E-state index is 14.3. The maximum absolute atomic E-state index is 14.3. The average Bonchev–Trinajstić information content (AvgIpc) is 3.85. The molecule has 0 aromatic carbocycles. The Labute approximate surface area is 385 Å². The Morgan fingerprint density at radius 1 is 0.859 bits per heavy atom. The highest BCUT2D eigenvalue weighted by Crippen LogP contribution is 2.44. The van der Waals surface area contributed by atoms with Crippen LogP contribution in [0.4, 0.5) is 4.79 Å². The van der Waals surface area contributed by atoms with Gasteiger partial charge in [0.1, 0.15) is 47.6 Å². The lowest BCUT2D eigenvalue weighted by atomic mass is 9.81. The Morgan fingerprint density at radius 2 is 1.56 bits per heavy atom. The van der Waals surface area contributed by atoms with Crippen molar-refractivity contribution in [2.24, 2.45) is 11.8 Å². The fourth-order valence-corrected chi connectivity index (χ4v) is 11.4. The van der Waals surface area contributed by atoms with E-state index in [1.165, 1.54) is 12.2 Å². The Balaban J connectivity index is 1.12. The van der Waals surface area contributed by atoms with Gasteiger partial charge < -0.3 is 57.4 Å².